The van der Waals surface area contributed by atoms with Crippen molar-refractivity contribution in [3.8, 4) is 11.6 Å². The molecule has 0 spiro atoms. The zero-order chi connectivity index (χ0) is 12.3. The predicted octanol–water partition coefficient (Wildman–Crippen LogP) is 2.17. The Balaban J connectivity index is 2.12. The molecule has 2 aromatic heterocycles. The van der Waals surface area contributed by atoms with Crippen molar-refractivity contribution in [1.82, 2.24) is 15.2 Å². The molecule has 5 nitrogen and oxygen atoms in total. The molecule has 1 atom stereocenters. The molecule has 2 rings (SSSR count). The van der Waals surface area contributed by atoms with Crippen LogP contribution in [-0.4, -0.2) is 21.2 Å². The van der Waals surface area contributed by atoms with Gasteiger partial charge in [0, 0.05) is 12.5 Å². The van der Waals surface area contributed by atoms with E-state index in [1.807, 2.05) is 25.1 Å². The van der Waals surface area contributed by atoms with Crippen molar-refractivity contribution >= 4 is 15.9 Å². The molecule has 0 aromatic carbocycles. The molecular weight excluding hydrogens is 284 g/mol. The molecule has 0 aliphatic carbocycles. The number of hydrogen-bond donors (Lipinski definition) is 1. The van der Waals surface area contributed by atoms with Gasteiger partial charge in [-0.2, -0.15) is 0 Å². The normalized spacial score (nSPS) is 12.6. The van der Waals surface area contributed by atoms with Crippen LogP contribution in [0.1, 0.15) is 19.2 Å². The number of nitrogens with zero attached hydrogens (tertiary/aromatic N) is 3. The van der Waals surface area contributed by atoms with Crippen LogP contribution in [0.25, 0.3) is 11.6 Å². The lowest BCUT2D eigenvalue weighted by molar-refractivity contribution is 0.484. The summed E-state index contributed by atoms with van der Waals surface area (Å²) in [5.74, 6) is 1.03. The van der Waals surface area contributed by atoms with E-state index in [2.05, 4.69) is 31.1 Å². The van der Waals surface area contributed by atoms with Crippen molar-refractivity contribution < 1.29 is 4.42 Å². The summed E-state index contributed by atoms with van der Waals surface area (Å²) in [5.41, 5.74) is 6.34. The highest BCUT2D eigenvalue weighted by atomic mass is 79.9. The molecule has 6 heteroatoms. The van der Waals surface area contributed by atoms with Gasteiger partial charge in [0.05, 0.1) is 0 Å². The smallest absolute Gasteiger partial charge is 0.266 e. The summed E-state index contributed by atoms with van der Waals surface area (Å²) >= 11 is 3.30. The van der Waals surface area contributed by atoms with Crippen LogP contribution in [0.3, 0.4) is 0 Å². The molecule has 0 aliphatic heterocycles. The van der Waals surface area contributed by atoms with E-state index in [0.29, 0.717) is 23.9 Å². The molecule has 2 N–H and O–H groups in total. The van der Waals surface area contributed by atoms with Crippen molar-refractivity contribution in [3.05, 3.63) is 28.7 Å². The molecule has 2 heterocycles. The van der Waals surface area contributed by atoms with Gasteiger partial charge in [0.2, 0.25) is 5.89 Å². The standard InChI is InChI=1S/C11H13BrN4O/c1-7(13)5-6-10-15-16-11(17-10)8-3-2-4-9(12)14-8/h2-4,7H,5-6,13H2,1H3. The number of nitrogens with two attached hydrogens (primary N) is 1. The lowest BCUT2D eigenvalue weighted by atomic mass is 10.2. The van der Waals surface area contributed by atoms with E-state index in [0.717, 1.165) is 11.0 Å². The summed E-state index contributed by atoms with van der Waals surface area (Å²) in [6, 6.07) is 5.68. The molecule has 0 saturated heterocycles. The van der Waals surface area contributed by atoms with Gasteiger partial charge in [-0.15, -0.1) is 10.2 Å². The van der Waals surface area contributed by atoms with Gasteiger partial charge in [-0.3, -0.25) is 0 Å². The van der Waals surface area contributed by atoms with Crippen LogP contribution >= 0.6 is 15.9 Å². The third kappa shape index (κ3) is 3.34. The van der Waals surface area contributed by atoms with E-state index in [1.54, 1.807) is 0 Å². The minimum absolute atomic E-state index is 0.134. The average molecular weight is 297 g/mol. The Labute approximate surface area is 108 Å². The molecule has 17 heavy (non-hydrogen) atoms. The average Bonchev–Trinajstić information content (AvgIpc) is 2.75. The Morgan fingerprint density at radius 2 is 2.24 bits per heavy atom. The maximum atomic E-state index is 5.67. The van der Waals surface area contributed by atoms with Crippen LogP contribution in [-0.2, 0) is 6.42 Å². The van der Waals surface area contributed by atoms with Gasteiger partial charge in [0.1, 0.15) is 10.3 Å². The van der Waals surface area contributed by atoms with Gasteiger partial charge >= 0.3 is 0 Å². The number of hydrogen-bond acceptors (Lipinski definition) is 5. The maximum Gasteiger partial charge on any atom is 0.266 e. The first-order chi connectivity index (χ1) is 8.15. The maximum absolute atomic E-state index is 5.67. The fraction of sp³-hybridized carbons (Fsp3) is 0.364. The second-order valence-electron chi connectivity index (χ2n) is 3.86. The number of pyridine rings is 1. The first-order valence-electron chi connectivity index (χ1n) is 5.36. The Kier molecular flexibility index (Phi) is 3.86. The van der Waals surface area contributed by atoms with Crippen molar-refractivity contribution in [1.29, 1.82) is 0 Å². The Morgan fingerprint density at radius 1 is 1.41 bits per heavy atom. The van der Waals surface area contributed by atoms with E-state index < -0.39 is 0 Å². The fourth-order valence-corrected chi connectivity index (χ4v) is 1.68. The first-order valence-corrected chi connectivity index (χ1v) is 6.15. The van der Waals surface area contributed by atoms with Gasteiger partial charge < -0.3 is 10.2 Å². The van der Waals surface area contributed by atoms with Crippen molar-refractivity contribution in [2.75, 3.05) is 0 Å². The largest absolute Gasteiger partial charge is 0.419 e. The fourth-order valence-electron chi connectivity index (χ4n) is 1.34. The number of halogens is 1. The van der Waals surface area contributed by atoms with E-state index in [9.17, 15) is 0 Å². The van der Waals surface area contributed by atoms with Crippen molar-refractivity contribution in [3.63, 3.8) is 0 Å². The minimum atomic E-state index is 0.134. The SMILES string of the molecule is CC(N)CCc1nnc(-c2cccc(Br)n2)o1. The van der Waals surface area contributed by atoms with Gasteiger partial charge in [-0.25, -0.2) is 4.98 Å². The monoisotopic (exact) mass is 296 g/mol. The lowest BCUT2D eigenvalue weighted by Gasteiger charge is -1.99. The van der Waals surface area contributed by atoms with E-state index >= 15 is 0 Å². The summed E-state index contributed by atoms with van der Waals surface area (Å²) in [4.78, 5) is 4.25. The number of aromatic nitrogens is 3. The Bertz CT molecular complexity index is 498. The molecule has 0 bridgehead atoms. The van der Waals surface area contributed by atoms with Gasteiger partial charge in [-0.1, -0.05) is 6.07 Å². The van der Waals surface area contributed by atoms with Crippen LogP contribution in [0.4, 0.5) is 0 Å². The second kappa shape index (κ2) is 5.37. The van der Waals surface area contributed by atoms with Crippen molar-refractivity contribution in [2.24, 2.45) is 5.73 Å². The summed E-state index contributed by atoms with van der Waals surface area (Å²) in [7, 11) is 0. The van der Waals surface area contributed by atoms with Crippen LogP contribution in [0.2, 0.25) is 0 Å². The molecule has 0 aliphatic rings. The zero-order valence-electron chi connectivity index (χ0n) is 9.43. The summed E-state index contributed by atoms with van der Waals surface area (Å²) in [5, 5.41) is 7.93. The minimum Gasteiger partial charge on any atom is -0.419 e. The van der Waals surface area contributed by atoms with E-state index in [1.165, 1.54) is 0 Å². The van der Waals surface area contributed by atoms with Crippen LogP contribution in [0, 0.1) is 0 Å². The van der Waals surface area contributed by atoms with Crippen molar-refractivity contribution in [2.45, 2.75) is 25.8 Å². The molecule has 0 saturated carbocycles. The van der Waals surface area contributed by atoms with Crippen LogP contribution < -0.4 is 5.73 Å². The number of aryl methyl sites for hydroxylation is 1. The highest BCUT2D eigenvalue weighted by Crippen LogP contribution is 2.18. The third-order valence-corrected chi connectivity index (χ3v) is 2.66. The lowest BCUT2D eigenvalue weighted by Crippen LogP contribution is -2.15. The van der Waals surface area contributed by atoms with Crippen LogP contribution in [0.5, 0.6) is 0 Å². The molecule has 0 fully saturated rings. The highest BCUT2D eigenvalue weighted by Gasteiger charge is 2.10. The molecular formula is C11H13BrN4O. The zero-order valence-corrected chi connectivity index (χ0v) is 11.0. The quantitative estimate of drug-likeness (QED) is 0.875. The molecule has 0 radical (unpaired) electrons. The Hall–Kier alpha value is -1.27. The molecule has 1 unspecified atom stereocenters. The third-order valence-electron chi connectivity index (χ3n) is 2.21. The summed E-state index contributed by atoms with van der Waals surface area (Å²) in [6.07, 6.45) is 1.52. The second-order valence-corrected chi connectivity index (χ2v) is 4.67. The topological polar surface area (TPSA) is 77.8 Å². The number of rotatable bonds is 4. The van der Waals surface area contributed by atoms with Gasteiger partial charge in [0.25, 0.3) is 5.89 Å². The van der Waals surface area contributed by atoms with E-state index in [-0.39, 0.29) is 6.04 Å². The molecule has 0 amide bonds. The van der Waals surface area contributed by atoms with E-state index in [4.69, 9.17) is 10.2 Å². The van der Waals surface area contributed by atoms with Crippen LogP contribution in [0.15, 0.2) is 27.2 Å². The van der Waals surface area contributed by atoms with Gasteiger partial charge in [0.15, 0.2) is 0 Å². The highest BCUT2D eigenvalue weighted by molar-refractivity contribution is 9.10. The Morgan fingerprint density at radius 3 is 2.94 bits per heavy atom. The summed E-state index contributed by atoms with van der Waals surface area (Å²) < 4.78 is 6.26. The van der Waals surface area contributed by atoms with Gasteiger partial charge in [-0.05, 0) is 41.4 Å². The first kappa shape index (κ1) is 12.2. The predicted molar refractivity (Wildman–Crippen MR) is 67.2 cm³/mol. The molecule has 2 aromatic rings. The molecule has 90 valence electrons. The summed E-state index contributed by atoms with van der Waals surface area (Å²) in [6.45, 7) is 1.95.